The maximum atomic E-state index is 5.91. The monoisotopic (exact) mass is 297 g/mol. The van der Waals surface area contributed by atoms with Crippen LogP contribution in [0.1, 0.15) is 29.7 Å². The van der Waals surface area contributed by atoms with Crippen LogP contribution in [-0.4, -0.2) is 15.2 Å². The summed E-state index contributed by atoms with van der Waals surface area (Å²) in [6.07, 6.45) is 2.75. The van der Waals surface area contributed by atoms with Crippen molar-refractivity contribution in [3.63, 3.8) is 0 Å². The van der Waals surface area contributed by atoms with Gasteiger partial charge in [-0.25, -0.2) is 0 Å². The van der Waals surface area contributed by atoms with Crippen LogP contribution >= 0.6 is 11.6 Å². The van der Waals surface area contributed by atoms with Gasteiger partial charge in [-0.3, -0.25) is 4.98 Å². The van der Waals surface area contributed by atoms with Crippen LogP contribution in [0.3, 0.4) is 0 Å². The highest BCUT2D eigenvalue weighted by Gasteiger charge is 2.43. The largest absolute Gasteiger partial charge is 0.419 e. The van der Waals surface area contributed by atoms with Gasteiger partial charge in [-0.15, -0.1) is 10.2 Å². The molecule has 0 radical (unpaired) electrons. The maximum absolute atomic E-state index is 5.91. The smallest absolute Gasteiger partial charge is 0.266 e. The van der Waals surface area contributed by atoms with Gasteiger partial charge in [0.1, 0.15) is 5.69 Å². The third kappa shape index (κ3) is 2.43. The van der Waals surface area contributed by atoms with Crippen molar-refractivity contribution in [2.75, 3.05) is 0 Å². The molecule has 1 saturated carbocycles. The molecule has 21 heavy (non-hydrogen) atoms. The minimum Gasteiger partial charge on any atom is -0.419 e. The van der Waals surface area contributed by atoms with E-state index in [0.29, 0.717) is 29.3 Å². The fourth-order valence-corrected chi connectivity index (χ4v) is 2.65. The van der Waals surface area contributed by atoms with Gasteiger partial charge in [0, 0.05) is 17.1 Å². The normalized spacial score (nSPS) is 20.4. The Hall–Kier alpha value is -2.20. The van der Waals surface area contributed by atoms with Crippen LogP contribution in [0.25, 0.3) is 11.6 Å². The van der Waals surface area contributed by atoms with E-state index in [4.69, 9.17) is 16.0 Å². The number of rotatable bonds is 3. The molecule has 0 bridgehead atoms. The van der Waals surface area contributed by atoms with Crippen molar-refractivity contribution >= 4 is 11.6 Å². The summed E-state index contributed by atoms with van der Waals surface area (Å²) < 4.78 is 5.76. The Balaban J connectivity index is 1.54. The van der Waals surface area contributed by atoms with E-state index < -0.39 is 0 Å². The zero-order chi connectivity index (χ0) is 14.2. The average Bonchev–Trinajstić information content (AvgIpc) is 3.17. The van der Waals surface area contributed by atoms with Crippen LogP contribution in [-0.2, 0) is 0 Å². The third-order valence-electron chi connectivity index (χ3n) is 3.73. The van der Waals surface area contributed by atoms with Crippen LogP contribution in [0, 0.1) is 0 Å². The molecular weight excluding hydrogens is 286 g/mol. The zero-order valence-corrected chi connectivity index (χ0v) is 11.9. The van der Waals surface area contributed by atoms with Gasteiger partial charge in [0.2, 0.25) is 5.89 Å². The summed E-state index contributed by atoms with van der Waals surface area (Å²) in [5, 5.41) is 9.01. The fraction of sp³-hybridized carbons (Fsp3) is 0.188. The van der Waals surface area contributed by atoms with Crippen LogP contribution < -0.4 is 0 Å². The summed E-state index contributed by atoms with van der Waals surface area (Å²) in [4.78, 5) is 4.22. The van der Waals surface area contributed by atoms with Crippen molar-refractivity contribution in [2.24, 2.45) is 0 Å². The molecule has 104 valence electrons. The molecule has 2 heterocycles. The molecule has 2 unspecified atom stereocenters. The number of aromatic nitrogens is 3. The van der Waals surface area contributed by atoms with Gasteiger partial charge >= 0.3 is 0 Å². The predicted octanol–water partition coefficient (Wildman–Crippen LogP) is 4.06. The molecular formula is C16H12ClN3O. The van der Waals surface area contributed by atoms with Crippen LogP contribution in [0.5, 0.6) is 0 Å². The second-order valence-corrected chi connectivity index (χ2v) is 5.60. The minimum atomic E-state index is 0.302. The lowest BCUT2D eigenvalue weighted by Gasteiger charge is -1.98. The second-order valence-electron chi connectivity index (χ2n) is 5.16. The first kappa shape index (κ1) is 12.5. The van der Waals surface area contributed by atoms with E-state index in [-0.39, 0.29) is 0 Å². The van der Waals surface area contributed by atoms with E-state index in [1.54, 1.807) is 6.20 Å². The molecule has 0 spiro atoms. The van der Waals surface area contributed by atoms with Crippen molar-refractivity contribution < 1.29 is 4.42 Å². The molecule has 2 aromatic heterocycles. The molecule has 1 aliphatic carbocycles. The van der Waals surface area contributed by atoms with Gasteiger partial charge in [-0.1, -0.05) is 29.8 Å². The molecule has 0 N–H and O–H groups in total. The highest BCUT2D eigenvalue weighted by molar-refractivity contribution is 6.30. The summed E-state index contributed by atoms with van der Waals surface area (Å²) in [7, 11) is 0. The Bertz CT molecular complexity index is 755. The van der Waals surface area contributed by atoms with Gasteiger partial charge in [0.25, 0.3) is 5.89 Å². The number of hydrogen-bond donors (Lipinski definition) is 0. The Morgan fingerprint density at radius 1 is 1.00 bits per heavy atom. The average molecular weight is 298 g/mol. The molecule has 3 aromatic rings. The summed E-state index contributed by atoms with van der Waals surface area (Å²) in [6, 6.07) is 13.6. The highest BCUT2D eigenvalue weighted by Crippen LogP contribution is 2.54. The van der Waals surface area contributed by atoms with Crippen molar-refractivity contribution in [2.45, 2.75) is 18.3 Å². The van der Waals surface area contributed by atoms with Crippen molar-refractivity contribution in [1.29, 1.82) is 0 Å². The third-order valence-corrected chi connectivity index (χ3v) is 3.98. The molecule has 1 aliphatic rings. The Morgan fingerprint density at radius 3 is 2.62 bits per heavy atom. The lowest BCUT2D eigenvalue weighted by Crippen LogP contribution is -1.84. The number of halogens is 1. The maximum Gasteiger partial charge on any atom is 0.266 e. The first-order valence-corrected chi connectivity index (χ1v) is 7.19. The van der Waals surface area contributed by atoms with E-state index in [2.05, 4.69) is 27.3 Å². The van der Waals surface area contributed by atoms with Crippen LogP contribution in [0.4, 0.5) is 0 Å². The summed E-state index contributed by atoms with van der Waals surface area (Å²) in [5.41, 5.74) is 1.97. The van der Waals surface area contributed by atoms with Crippen LogP contribution in [0.2, 0.25) is 5.02 Å². The standard InChI is InChI=1S/C16H12ClN3O/c17-11-6-4-10(5-7-11)12-9-13(12)15-19-20-16(21-15)14-3-1-2-8-18-14/h1-8,12-13H,9H2. The molecule has 1 fully saturated rings. The van der Waals surface area contributed by atoms with Gasteiger partial charge in [0.15, 0.2) is 0 Å². The molecule has 4 rings (SSSR count). The van der Waals surface area contributed by atoms with E-state index in [0.717, 1.165) is 11.4 Å². The van der Waals surface area contributed by atoms with Gasteiger partial charge in [-0.2, -0.15) is 0 Å². The molecule has 1 aromatic carbocycles. The van der Waals surface area contributed by atoms with Crippen molar-refractivity contribution in [3.8, 4) is 11.6 Å². The summed E-state index contributed by atoms with van der Waals surface area (Å²) >= 11 is 5.91. The lowest BCUT2D eigenvalue weighted by molar-refractivity contribution is 0.504. The van der Waals surface area contributed by atoms with E-state index in [9.17, 15) is 0 Å². The topological polar surface area (TPSA) is 51.8 Å². The quantitative estimate of drug-likeness (QED) is 0.731. The lowest BCUT2D eigenvalue weighted by atomic mass is 10.1. The first-order valence-electron chi connectivity index (χ1n) is 6.81. The van der Waals surface area contributed by atoms with Crippen molar-refractivity contribution in [1.82, 2.24) is 15.2 Å². The van der Waals surface area contributed by atoms with Crippen LogP contribution in [0.15, 0.2) is 53.1 Å². The Labute approximate surface area is 126 Å². The molecule has 0 aliphatic heterocycles. The summed E-state index contributed by atoms with van der Waals surface area (Å²) in [5.74, 6) is 1.92. The number of nitrogens with zero attached hydrogens (tertiary/aromatic N) is 3. The second kappa shape index (κ2) is 4.97. The highest BCUT2D eigenvalue weighted by atomic mass is 35.5. The Kier molecular flexibility index (Phi) is 2.97. The first-order chi connectivity index (χ1) is 10.3. The van der Waals surface area contributed by atoms with Crippen molar-refractivity contribution in [3.05, 3.63) is 65.1 Å². The molecule has 0 amide bonds. The number of hydrogen-bond acceptors (Lipinski definition) is 4. The van der Waals surface area contributed by atoms with Gasteiger partial charge in [-0.05, 0) is 42.2 Å². The molecule has 2 atom stereocenters. The Morgan fingerprint density at radius 2 is 1.86 bits per heavy atom. The number of benzene rings is 1. The molecule has 0 saturated heterocycles. The van der Waals surface area contributed by atoms with E-state index >= 15 is 0 Å². The minimum absolute atomic E-state index is 0.302. The SMILES string of the molecule is Clc1ccc(C2CC2c2nnc(-c3ccccn3)o2)cc1. The predicted molar refractivity (Wildman–Crippen MR) is 79.1 cm³/mol. The fourth-order valence-electron chi connectivity index (χ4n) is 2.52. The van der Waals surface area contributed by atoms with E-state index in [1.807, 2.05) is 30.3 Å². The number of pyridine rings is 1. The molecule has 4 nitrogen and oxygen atoms in total. The van der Waals surface area contributed by atoms with E-state index in [1.165, 1.54) is 5.56 Å². The molecule has 5 heteroatoms. The van der Waals surface area contributed by atoms with Gasteiger partial charge in [0.05, 0.1) is 0 Å². The zero-order valence-electron chi connectivity index (χ0n) is 11.1. The summed E-state index contributed by atoms with van der Waals surface area (Å²) in [6.45, 7) is 0. The van der Waals surface area contributed by atoms with Gasteiger partial charge < -0.3 is 4.42 Å².